The molecule has 0 aliphatic heterocycles. The Kier molecular flexibility index (Phi) is 2.57. The minimum atomic E-state index is 0.737. The van der Waals surface area contributed by atoms with Gasteiger partial charge < -0.3 is 5.73 Å². The van der Waals surface area contributed by atoms with Crippen molar-refractivity contribution in [2.75, 3.05) is 6.54 Å². The van der Waals surface area contributed by atoms with E-state index in [0.29, 0.717) is 0 Å². The molecule has 1 aromatic heterocycles. The van der Waals surface area contributed by atoms with Crippen molar-refractivity contribution in [3.05, 3.63) is 34.2 Å². The van der Waals surface area contributed by atoms with E-state index in [2.05, 4.69) is 32.0 Å². The van der Waals surface area contributed by atoms with Crippen LogP contribution in [-0.2, 0) is 6.42 Å². The third-order valence-corrected chi connectivity index (χ3v) is 3.65. The second kappa shape index (κ2) is 3.71. The Morgan fingerprint density at radius 2 is 2.07 bits per heavy atom. The summed E-state index contributed by atoms with van der Waals surface area (Å²) in [5.74, 6) is 0. The molecule has 14 heavy (non-hydrogen) atoms. The quantitative estimate of drug-likeness (QED) is 0.801. The van der Waals surface area contributed by atoms with Crippen LogP contribution in [0.2, 0.25) is 0 Å². The molecule has 74 valence electrons. The molecule has 2 rings (SSSR count). The van der Waals surface area contributed by atoms with E-state index in [4.69, 9.17) is 5.73 Å². The van der Waals surface area contributed by atoms with Crippen molar-refractivity contribution in [1.29, 1.82) is 0 Å². The number of aryl methyl sites for hydroxylation is 2. The minimum absolute atomic E-state index is 0.737. The van der Waals surface area contributed by atoms with Gasteiger partial charge in [-0.2, -0.15) is 0 Å². The fourth-order valence-corrected chi connectivity index (χ4v) is 3.05. The summed E-state index contributed by atoms with van der Waals surface area (Å²) in [5.41, 5.74) is 8.38. The van der Waals surface area contributed by atoms with Gasteiger partial charge in [0.25, 0.3) is 0 Å². The van der Waals surface area contributed by atoms with Crippen molar-refractivity contribution < 1.29 is 0 Å². The first-order chi connectivity index (χ1) is 6.72. The Morgan fingerprint density at radius 1 is 1.29 bits per heavy atom. The molecule has 2 aromatic rings. The average molecular weight is 205 g/mol. The summed E-state index contributed by atoms with van der Waals surface area (Å²) in [6, 6.07) is 6.65. The molecule has 2 N–H and O–H groups in total. The van der Waals surface area contributed by atoms with Crippen LogP contribution in [0.1, 0.15) is 16.0 Å². The van der Waals surface area contributed by atoms with Crippen molar-refractivity contribution in [2.24, 2.45) is 5.73 Å². The van der Waals surface area contributed by atoms with Crippen LogP contribution in [0.15, 0.2) is 18.2 Å². The Hall–Kier alpha value is -0.860. The standard InChI is InChI=1S/C12H15NS/c1-8-3-4-11-10(5-6-13)9(2)14-12(11)7-8/h3-4,7H,5-6,13H2,1-2H3. The van der Waals surface area contributed by atoms with E-state index in [-0.39, 0.29) is 0 Å². The van der Waals surface area contributed by atoms with Gasteiger partial charge in [0.15, 0.2) is 0 Å². The lowest BCUT2D eigenvalue weighted by Gasteiger charge is -1.98. The zero-order valence-electron chi connectivity index (χ0n) is 8.63. The lowest BCUT2D eigenvalue weighted by molar-refractivity contribution is 0.974. The lowest BCUT2D eigenvalue weighted by atomic mass is 10.1. The van der Waals surface area contributed by atoms with E-state index in [1.54, 1.807) is 0 Å². The van der Waals surface area contributed by atoms with E-state index in [1.165, 1.54) is 26.1 Å². The fourth-order valence-electron chi connectivity index (χ4n) is 1.83. The highest BCUT2D eigenvalue weighted by atomic mass is 32.1. The zero-order chi connectivity index (χ0) is 10.1. The Labute approximate surface area is 88.6 Å². The predicted molar refractivity (Wildman–Crippen MR) is 64.1 cm³/mol. The molecule has 0 amide bonds. The zero-order valence-corrected chi connectivity index (χ0v) is 9.45. The molecule has 2 heteroatoms. The summed E-state index contributed by atoms with van der Waals surface area (Å²) in [7, 11) is 0. The lowest BCUT2D eigenvalue weighted by Crippen LogP contribution is -2.02. The molecular weight excluding hydrogens is 190 g/mol. The number of benzene rings is 1. The third kappa shape index (κ3) is 1.56. The Balaban J connectivity index is 2.64. The van der Waals surface area contributed by atoms with Crippen LogP contribution < -0.4 is 5.73 Å². The summed E-state index contributed by atoms with van der Waals surface area (Å²) < 4.78 is 1.39. The van der Waals surface area contributed by atoms with Gasteiger partial charge in [-0.25, -0.2) is 0 Å². The van der Waals surface area contributed by atoms with Gasteiger partial charge in [-0.05, 0) is 49.4 Å². The number of rotatable bonds is 2. The molecule has 0 unspecified atom stereocenters. The number of nitrogens with two attached hydrogens (primary N) is 1. The van der Waals surface area contributed by atoms with Gasteiger partial charge in [0.1, 0.15) is 0 Å². The predicted octanol–water partition coefficient (Wildman–Crippen LogP) is 3.02. The van der Waals surface area contributed by atoms with Crippen molar-refractivity contribution in [1.82, 2.24) is 0 Å². The van der Waals surface area contributed by atoms with Crippen LogP contribution in [0.4, 0.5) is 0 Å². The molecular formula is C12H15NS. The second-order valence-corrected chi connectivity index (χ2v) is 4.93. The molecule has 0 spiro atoms. The number of fused-ring (bicyclic) bond motifs is 1. The maximum atomic E-state index is 5.61. The Bertz CT molecular complexity index is 457. The molecule has 0 saturated carbocycles. The second-order valence-electron chi connectivity index (χ2n) is 3.68. The van der Waals surface area contributed by atoms with Crippen LogP contribution in [0.25, 0.3) is 10.1 Å². The minimum Gasteiger partial charge on any atom is -0.330 e. The van der Waals surface area contributed by atoms with Crippen LogP contribution in [0.3, 0.4) is 0 Å². The molecule has 1 heterocycles. The largest absolute Gasteiger partial charge is 0.330 e. The first kappa shape index (κ1) is 9.69. The molecule has 0 aliphatic carbocycles. The van der Waals surface area contributed by atoms with Crippen molar-refractivity contribution in [2.45, 2.75) is 20.3 Å². The fraction of sp³-hybridized carbons (Fsp3) is 0.333. The van der Waals surface area contributed by atoms with Crippen molar-refractivity contribution in [3.63, 3.8) is 0 Å². The smallest absolute Gasteiger partial charge is 0.0351 e. The van der Waals surface area contributed by atoms with Crippen LogP contribution in [-0.4, -0.2) is 6.54 Å². The Morgan fingerprint density at radius 3 is 2.79 bits per heavy atom. The molecule has 0 saturated heterocycles. The molecule has 1 aromatic carbocycles. The first-order valence-corrected chi connectivity index (χ1v) is 5.72. The van der Waals surface area contributed by atoms with Crippen molar-refractivity contribution >= 4 is 21.4 Å². The van der Waals surface area contributed by atoms with Gasteiger partial charge in [-0.15, -0.1) is 11.3 Å². The highest BCUT2D eigenvalue weighted by molar-refractivity contribution is 7.19. The molecule has 0 fully saturated rings. The normalized spacial score (nSPS) is 11.1. The summed E-state index contributed by atoms with van der Waals surface area (Å²) in [6.45, 7) is 5.06. The summed E-state index contributed by atoms with van der Waals surface area (Å²) in [5, 5.41) is 1.39. The third-order valence-electron chi connectivity index (χ3n) is 2.54. The van der Waals surface area contributed by atoms with E-state index < -0.39 is 0 Å². The van der Waals surface area contributed by atoms with Crippen LogP contribution in [0, 0.1) is 13.8 Å². The topological polar surface area (TPSA) is 26.0 Å². The molecule has 0 aliphatic rings. The highest BCUT2D eigenvalue weighted by Crippen LogP contribution is 2.31. The van der Waals surface area contributed by atoms with Gasteiger partial charge in [0.05, 0.1) is 0 Å². The van der Waals surface area contributed by atoms with Gasteiger partial charge in [0.2, 0.25) is 0 Å². The molecule has 0 bridgehead atoms. The summed E-state index contributed by atoms with van der Waals surface area (Å²) in [6.07, 6.45) is 0.995. The maximum absolute atomic E-state index is 5.61. The first-order valence-electron chi connectivity index (χ1n) is 4.91. The van der Waals surface area contributed by atoms with Gasteiger partial charge in [-0.3, -0.25) is 0 Å². The van der Waals surface area contributed by atoms with E-state index >= 15 is 0 Å². The number of hydrogen-bond donors (Lipinski definition) is 1. The van der Waals surface area contributed by atoms with Gasteiger partial charge in [0, 0.05) is 9.58 Å². The average Bonchev–Trinajstić information content (AvgIpc) is 2.43. The van der Waals surface area contributed by atoms with E-state index in [0.717, 1.165) is 13.0 Å². The van der Waals surface area contributed by atoms with Gasteiger partial charge >= 0.3 is 0 Å². The van der Waals surface area contributed by atoms with Crippen LogP contribution in [0.5, 0.6) is 0 Å². The number of thiophene rings is 1. The summed E-state index contributed by atoms with van der Waals surface area (Å²) in [4.78, 5) is 1.41. The molecule has 0 atom stereocenters. The molecule has 1 nitrogen and oxygen atoms in total. The highest BCUT2D eigenvalue weighted by Gasteiger charge is 2.07. The van der Waals surface area contributed by atoms with Gasteiger partial charge in [-0.1, -0.05) is 12.1 Å². The summed E-state index contributed by atoms with van der Waals surface area (Å²) >= 11 is 1.88. The SMILES string of the molecule is Cc1ccc2c(CCN)c(C)sc2c1. The van der Waals surface area contributed by atoms with Crippen molar-refractivity contribution in [3.8, 4) is 0 Å². The van der Waals surface area contributed by atoms with Crippen LogP contribution >= 0.6 is 11.3 Å². The molecule has 0 radical (unpaired) electrons. The monoisotopic (exact) mass is 205 g/mol. The number of hydrogen-bond acceptors (Lipinski definition) is 2. The van der Waals surface area contributed by atoms with E-state index in [1.807, 2.05) is 11.3 Å². The maximum Gasteiger partial charge on any atom is 0.0351 e. The van der Waals surface area contributed by atoms with E-state index in [9.17, 15) is 0 Å².